The van der Waals surface area contributed by atoms with Gasteiger partial charge in [0.15, 0.2) is 0 Å². The van der Waals surface area contributed by atoms with Crippen LogP contribution in [0.25, 0.3) is 0 Å². The maximum atomic E-state index is 5.14. The first-order valence-corrected chi connectivity index (χ1v) is 7.02. The predicted molar refractivity (Wildman–Crippen MR) is 70.8 cm³/mol. The molecule has 3 heteroatoms. The Morgan fingerprint density at radius 3 is 2.41 bits per heavy atom. The molecule has 0 aliphatic carbocycles. The molecule has 0 saturated heterocycles. The number of rotatable bonds is 11. The van der Waals surface area contributed by atoms with E-state index in [0.29, 0.717) is 0 Å². The molecule has 98 valence electrons. The standard InChI is InChI=1S/C14H26N2O/c1-2-3-4-5-6-7-8-9-10-15-13-14-16-11-12-17-14/h11-12,15H,2-10,13H2,1H3. The van der Waals surface area contributed by atoms with Crippen molar-refractivity contribution in [2.45, 2.75) is 64.8 Å². The van der Waals surface area contributed by atoms with Crippen LogP contribution in [-0.2, 0) is 6.54 Å². The quantitative estimate of drug-likeness (QED) is 0.594. The molecule has 0 aliphatic heterocycles. The van der Waals surface area contributed by atoms with Gasteiger partial charge in [-0.25, -0.2) is 4.98 Å². The lowest BCUT2D eigenvalue weighted by Gasteiger charge is -2.02. The first-order valence-electron chi connectivity index (χ1n) is 7.02. The molecule has 0 aromatic carbocycles. The first-order chi connectivity index (χ1) is 8.43. The van der Waals surface area contributed by atoms with Gasteiger partial charge in [0.2, 0.25) is 5.89 Å². The number of hydrogen-bond acceptors (Lipinski definition) is 3. The number of nitrogens with zero attached hydrogens (tertiary/aromatic N) is 1. The Hall–Kier alpha value is -0.830. The fraction of sp³-hybridized carbons (Fsp3) is 0.786. The van der Waals surface area contributed by atoms with Crippen LogP contribution in [0.5, 0.6) is 0 Å². The smallest absolute Gasteiger partial charge is 0.207 e. The summed E-state index contributed by atoms with van der Waals surface area (Å²) in [6.07, 6.45) is 14.3. The summed E-state index contributed by atoms with van der Waals surface area (Å²) in [5, 5.41) is 3.34. The molecule has 17 heavy (non-hydrogen) atoms. The highest BCUT2D eigenvalue weighted by atomic mass is 16.3. The van der Waals surface area contributed by atoms with Gasteiger partial charge in [0, 0.05) is 0 Å². The maximum Gasteiger partial charge on any atom is 0.207 e. The van der Waals surface area contributed by atoms with Gasteiger partial charge in [0.05, 0.1) is 12.7 Å². The van der Waals surface area contributed by atoms with Gasteiger partial charge in [-0.2, -0.15) is 0 Å². The van der Waals surface area contributed by atoms with Crippen LogP contribution in [0.1, 0.15) is 64.2 Å². The van der Waals surface area contributed by atoms with Gasteiger partial charge in [0.25, 0.3) is 0 Å². The van der Waals surface area contributed by atoms with Gasteiger partial charge in [-0.15, -0.1) is 0 Å². The fourth-order valence-corrected chi connectivity index (χ4v) is 1.92. The minimum absolute atomic E-state index is 0.753. The molecule has 1 N–H and O–H groups in total. The summed E-state index contributed by atoms with van der Waals surface area (Å²) in [6.45, 7) is 4.08. The van der Waals surface area contributed by atoms with E-state index in [4.69, 9.17) is 4.42 Å². The normalized spacial score (nSPS) is 10.9. The molecule has 0 amide bonds. The third-order valence-electron chi connectivity index (χ3n) is 2.97. The van der Waals surface area contributed by atoms with Crippen LogP contribution in [0.3, 0.4) is 0 Å². The third-order valence-corrected chi connectivity index (χ3v) is 2.97. The molecule has 1 aromatic rings. The third kappa shape index (κ3) is 7.97. The van der Waals surface area contributed by atoms with Crippen LogP contribution >= 0.6 is 0 Å². The molecule has 3 nitrogen and oxygen atoms in total. The lowest BCUT2D eigenvalue weighted by molar-refractivity contribution is 0.462. The van der Waals surface area contributed by atoms with E-state index in [1.165, 1.54) is 51.4 Å². The second-order valence-corrected chi connectivity index (χ2v) is 4.58. The van der Waals surface area contributed by atoms with Crippen LogP contribution in [0.15, 0.2) is 16.9 Å². The van der Waals surface area contributed by atoms with Crippen molar-refractivity contribution in [1.82, 2.24) is 10.3 Å². The van der Waals surface area contributed by atoms with E-state index in [-0.39, 0.29) is 0 Å². The lowest BCUT2D eigenvalue weighted by atomic mass is 10.1. The van der Waals surface area contributed by atoms with Crippen LogP contribution in [0, 0.1) is 0 Å². The van der Waals surface area contributed by atoms with E-state index < -0.39 is 0 Å². The number of hydrogen-bond donors (Lipinski definition) is 1. The van der Waals surface area contributed by atoms with Crippen molar-refractivity contribution in [3.8, 4) is 0 Å². The zero-order valence-corrected chi connectivity index (χ0v) is 11.1. The maximum absolute atomic E-state index is 5.14. The van der Waals surface area contributed by atoms with Crippen molar-refractivity contribution in [2.75, 3.05) is 6.54 Å². The Kier molecular flexibility index (Phi) is 8.65. The highest BCUT2D eigenvalue weighted by Gasteiger charge is 1.95. The highest BCUT2D eigenvalue weighted by Crippen LogP contribution is 2.07. The molecule has 0 saturated carbocycles. The Morgan fingerprint density at radius 1 is 1.06 bits per heavy atom. The minimum Gasteiger partial charge on any atom is -0.448 e. The average molecular weight is 238 g/mol. The molecule has 1 aromatic heterocycles. The molecule has 1 heterocycles. The predicted octanol–water partition coefficient (Wildman–Crippen LogP) is 3.90. The van der Waals surface area contributed by atoms with Crippen molar-refractivity contribution in [3.63, 3.8) is 0 Å². The van der Waals surface area contributed by atoms with Crippen molar-refractivity contribution in [3.05, 3.63) is 18.4 Å². The Bertz CT molecular complexity index is 247. The summed E-state index contributed by atoms with van der Waals surface area (Å²) in [5.41, 5.74) is 0. The van der Waals surface area contributed by atoms with Crippen LogP contribution < -0.4 is 5.32 Å². The Morgan fingerprint density at radius 2 is 1.76 bits per heavy atom. The van der Waals surface area contributed by atoms with Crippen LogP contribution in [-0.4, -0.2) is 11.5 Å². The molecule has 0 fully saturated rings. The molecule has 1 rings (SSSR count). The molecule has 0 aliphatic rings. The molecule has 0 atom stereocenters. The van der Waals surface area contributed by atoms with Gasteiger partial charge in [0.1, 0.15) is 6.26 Å². The molecular weight excluding hydrogens is 212 g/mol. The fourth-order valence-electron chi connectivity index (χ4n) is 1.92. The van der Waals surface area contributed by atoms with Crippen molar-refractivity contribution < 1.29 is 4.42 Å². The molecule has 0 radical (unpaired) electrons. The van der Waals surface area contributed by atoms with E-state index in [0.717, 1.165) is 19.0 Å². The summed E-state index contributed by atoms with van der Waals surface area (Å²) in [7, 11) is 0. The molecule has 0 unspecified atom stereocenters. The van der Waals surface area contributed by atoms with Gasteiger partial charge in [-0.05, 0) is 13.0 Å². The number of unbranched alkanes of at least 4 members (excludes halogenated alkanes) is 7. The SMILES string of the molecule is CCCCCCCCCCNCc1ncco1. The molecule has 0 bridgehead atoms. The van der Waals surface area contributed by atoms with Gasteiger partial charge in [-0.3, -0.25) is 0 Å². The van der Waals surface area contributed by atoms with Crippen LogP contribution in [0.4, 0.5) is 0 Å². The second-order valence-electron chi connectivity index (χ2n) is 4.58. The average Bonchev–Trinajstić information content (AvgIpc) is 2.85. The van der Waals surface area contributed by atoms with Crippen LogP contribution in [0.2, 0.25) is 0 Å². The van der Waals surface area contributed by atoms with Crippen molar-refractivity contribution in [1.29, 1.82) is 0 Å². The topological polar surface area (TPSA) is 38.1 Å². The van der Waals surface area contributed by atoms with Crippen molar-refractivity contribution >= 4 is 0 Å². The van der Waals surface area contributed by atoms with Crippen molar-refractivity contribution in [2.24, 2.45) is 0 Å². The summed E-state index contributed by atoms with van der Waals surface area (Å²) in [5.74, 6) is 0.782. The van der Waals surface area contributed by atoms with E-state index in [2.05, 4.69) is 17.2 Å². The first kappa shape index (κ1) is 14.2. The lowest BCUT2D eigenvalue weighted by Crippen LogP contribution is -2.14. The zero-order chi connectivity index (χ0) is 12.2. The zero-order valence-electron chi connectivity index (χ0n) is 11.1. The summed E-state index contributed by atoms with van der Waals surface area (Å²) < 4.78 is 5.14. The van der Waals surface area contributed by atoms with E-state index in [1.54, 1.807) is 12.5 Å². The Labute approximate surface area is 105 Å². The number of aromatic nitrogens is 1. The monoisotopic (exact) mass is 238 g/mol. The van der Waals surface area contributed by atoms with Gasteiger partial charge in [-0.1, -0.05) is 51.9 Å². The van der Waals surface area contributed by atoms with Gasteiger partial charge >= 0.3 is 0 Å². The highest BCUT2D eigenvalue weighted by molar-refractivity contribution is 4.78. The Balaban J connectivity index is 1.76. The number of oxazole rings is 1. The van der Waals surface area contributed by atoms with Gasteiger partial charge < -0.3 is 9.73 Å². The molecular formula is C14H26N2O. The minimum atomic E-state index is 0.753. The summed E-state index contributed by atoms with van der Waals surface area (Å²) >= 11 is 0. The summed E-state index contributed by atoms with van der Waals surface area (Å²) in [4.78, 5) is 4.06. The van der Waals surface area contributed by atoms with E-state index in [1.807, 2.05) is 0 Å². The second kappa shape index (κ2) is 10.3. The molecule has 0 spiro atoms. The number of nitrogens with one attached hydrogen (secondary N) is 1. The largest absolute Gasteiger partial charge is 0.448 e. The van der Waals surface area contributed by atoms with E-state index >= 15 is 0 Å². The van der Waals surface area contributed by atoms with E-state index in [9.17, 15) is 0 Å². The summed E-state index contributed by atoms with van der Waals surface area (Å²) in [6, 6.07) is 0.